The molecule has 2 rings (SSSR count). The molecule has 5 unspecified atom stereocenters. The lowest BCUT2D eigenvalue weighted by Crippen LogP contribution is -2.28. The zero-order valence-electron chi connectivity index (χ0n) is 17.6. The average Bonchev–Trinajstić information content (AvgIpc) is 3.29. The van der Waals surface area contributed by atoms with Crippen LogP contribution in [0.3, 0.4) is 0 Å². The van der Waals surface area contributed by atoms with Gasteiger partial charge in [-0.1, -0.05) is 32.4 Å². The van der Waals surface area contributed by atoms with Crippen LogP contribution in [-0.4, -0.2) is 45.8 Å². The monoisotopic (exact) mass is 429 g/mol. The maximum absolute atomic E-state index is 11.1. The highest BCUT2D eigenvalue weighted by atomic mass is 32.2. The summed E-state index contributed by atoms with van der Waals surface area (Å²) in [6.07, 6.45) is 15.5. The van der Waals surface area contributed by atoms with E-state index in [1.165, 1.54) is 50.0 Å². The summed E-state index contributed by atoms with van der Waals surface area (Å²) in [6.45, 7) is 4.47. The van der Waals surface area contributed by atoms with Gasteiger partial charge in [-0.05, 0) is 68.3 Å². The molecule has 0 aromatic carbocycles. The summed E-state index contributed by atoms with van der Waals surface area (Å²) < 4.78 is 6.27. The number of hydrogen-bond acceptors (Lipinski definition) is 5. The molecule has 0 aromatic heterocycles. The third-order valence-corrected chi connectivity index (χ3v) is 8.24. The maximum Gasteiger partial charge on any atom is 0.243 e. The topological polar surface area (TPSA) is 58.6 Å². The Kier molecular flexibility index (Phi) is 12.0. The Morgan fingerprint density at radius 2 is 1.93 bits per heavy atom. The van der Waals surface area contributed by atoms with Gasteiger partial charge in [-0.2, -0.15) is 23.5 Å². The SMILES string of the molecule is CCCC=CCSCCC1C2CCC(O2)C1CCSC(C)CCCC(=O)NO. The van der Waals surface area contributed by atoms with Crippen LogP contribution in [0.4, 0.5) is 0 Å². The van der Waals surface area contributed by atoms with Crippen molar-refractivity contribution in [3.05, 3.63) is 12.2 Å². The fraction of sp³-hybridized carbons (Fsp3) is 0.864. The molecule has 2 fully saturated rings. The van der Waals surface area contributed by atoms with Gasteiger partial charge in [0, 0.05) is 17.4 Å². The molecule has 0 saturated carbocycles. The molecule has 2 heterocycles. The first-order valence-electron chi connectivity index (χ1n) is 11.1. The molecule has 5 atom stereocenters. The minimum atomic E-state index is -0.280. The van der Waals surface area contributed by atoms with E-state index in [2.05, 4.69) is 37.8 Å². The predicted octanol–water partition coefficient (Wildman–Crippen LogP) is 5.45. The number of fused-ring (bicyclic) bond motifs is 2. The molecule has 2 bridgehead atoms. The van der Waals surface area contributed by atoms with Gasteiger partial charge >= 0.3 is 0 Å². The number of allylic oxidation sites excluding steroid dienone is 1. The molecule has 4 nitrogen and oxygen atoms in total. The quantitative estimate of drug-likeness (QED) is 0.157. The molecule has 0 aliphatic carbocycles. The fourth-order valence-corrected chi connectivity index (χ4v) is 6.51. The second kappa shape index (κ2) is 13.9. The summed E-state index contributed by atoms with van der Waals surface area (Å²) in [4.78, 5) is 11.1. The Balaban J connectivity index is 1.62. The van der Waals surface area contributed by atoms with E-state index in [0.717, 1.165) is 30.4 Å². The van der Waals surface area contributed by atoms with Gasteiger partial charge in [0.25, 0.3) is 0 Å². The van der Waals surface area contributed by atoms with Gasteiger partial charge in [-0.15, -0.1) is 0 Å². The Morgan fingerprint density at radius 3 is 2.61 bits per heavy atom. The molecule has 2 aliphatic rings. The zero-order chi connectivity index (χ0) is 20.2. The molecule has 0 aromatic rings. The van der Waals surface area contributed by atoms with Crippen LogP contribution < -0.4 is 5.48 Å². The fourth-order valence-electron chi connectivity index (χ4n) is 4.49. The molecule has 162 valence electrons. The Bertz CT molecular complexity index is 475. The molecule has 1 amide bonds. The van der Waals surface area contributed by atoms with Crippen molar-refractivity contribution >= 4 is 29.4 Å². The maximum atomic E-state index is 11.1. The molecular weight excluding hydrogens is 390 g/mol. The summed E-state index contributed by atoms with van der Waals surface area (Å²) in [5.74, 6) is 4.81. The molecule has 0 radical (unpaired) electrons. The van der Waals surface area contributed by atoms with Crippen molar-refractivity contribution in [2.75, 3.05) is 17.3 Å². The molecule has 2 saturated heterocycles. The number of amides is 1. The number of ether oxygens (including phenoxy) is 1. The van der Waals surface area contributed by atoms with Gasteiger partial charge in [0.2, 0.25) is 5.91 Å². The van der Waals surface area contributed by atoms with Crippen LogP contribution in [0.2, 0.25) is 0 Å². The van der Waals surface area contributed by atoms with E-state index >= 15 is 0 Å². The summed E-state index contributed by atoms with van der Waals surface area (Å²) in [6, 6.07) is 0. The van der Waals surface area contributed by atoms with E-state index in [4.69, 9.17) is 9.94 Å². The highest BCUT2D eigenvalue weighted by molar-refractivity contribution is 7.99. The minimum Gasteiger partial charge on any atom is -0.374 e. The highest BCUT2D eigenvalue weighted by Gasteiger charge is 2.47. The summed E-state index contributed by atoms with van der Waals surface area (Å²) in [5.41, 5.74) is 1.71. The van der Waals surface area contributed by atoms with Gasteiger partial charge < -0.3 is 4.74 Å². The van der Waals surface area contributed by atoms with Crippen molar-refractivity contribution in [2.45, 2.75) is 89.1 Å². The van der Waals surface area contributed by atoms with Gasteiger partial charge in [-0.3, -0.25) is 10.0 Å². The zero-order valence-corrected chi connectivity index (χ0v) is 19.2. The molecule has 2 N–H and O–H groups in total. The Labute approximate surface area is 180 Å². The number of hydroxylamine groups is 1. The number of nitrogens with one attached hydrogen (secondary N) is 1. The van der Waals surface area contributed by atoms with Crippen LogP contribution in [0, 0.1) is 11.8 Å². The number of rotatable bonds is 15. The van der Waals surface area contributed by atoms with Crippen LogP contribution in [0.5, 0.6) is 0 Å². The largest absolute Gasteiger partial charge is 0.374 e. The second-order valence-corrected chi connectivity index (χ2v) is 10.8. The first-order chi connectivity index (χ1) is 13.7. The Morgan fingerprint density at radius 1 is 1.21 bits per heavy atom. The van der Waals surface area contributed by atoms with Crippen molar-refractivity contribution in [3.8, 4) is 0 Å². The third-order valence-electron chi connectivity index (χ3n) is 6.01. The smallest absolute Gasteiger partial charge is 0.243 e. The van der Waals surface area contributed by atoms with E-state index in [1.807, 2.05) is 11.8 Å². The van der Waals surface area contributed by atoms with E-state index in [1.54, 1.807) is 5.48 Å². The Hall–Kier alpha value is -0.170. The molecular formula is C22H39NO3S2. The second-order valence-electron chi connectivity index (χ2n) is 8.14. The summed E-state index contributed by atoms with van der Waals surface area (Å²) in [7, 11) is 0. The van der Waals surface area contributed by atoms with Crippen molar-refractivity contribution in [2.24, 2.45) is 11.8 Å². The summed E-state index contributed by atoms with van der Waals surface area (Å²) in [5, 5.41) is 9.11. The van der Waals surface area contributed by atoms with Gasteiger partial charge in [-0.25, -0.2) is 5.48 Å². The van der Waals surface area contributed by atoms with Gasteiger partial charge in [0.05, 0.1) is 12.2 Å². The number of unbranched alkanes of at least 4 members (excludes halogenated alkanes) is 1. The van der Waals surface area contributed by atoms with E-state index in [0.29, 0.717) is 23.9 Å². The molecule has 6 heteroatoms. The summed E-state index contributed by atoms with van der Waals surface area (Å²) >= 11 is 4.09. The lowest BCUT2D eigenvalue weighted by atomic mass is 9.76. The predicted molar refractivity (Wildman–Crippen MR) is 121 cm³/mol. The molecule has 28 heavy (non-hydrogen) atoms. The van der Waals surface area contributed by atoms with E-state index < -0.39 is 0 Å². The van der Waals surface area contributed by atoms with Crippen molar-refractivity contribution in [1.82, 2.24) is 5.48 Å². The first-order valence-corrected chi connectivity index (χ1v) is 13.3. The van der Waals surface area contributed by atoms with Crippen LogP contribution in [0.15, 0.2) is 12.2 Å². The van der Waals surface area contributed by atoms with Crippen LogP contribution in [0.25, 0.3) is 0 Å². The number of hydrogen-bond donors (Lipinski definition) is 2. The average molecular weight is 430 g/mol. The standard InChI is InChI=1S/C22H39NO3S2/c1-3-4-5-6-14-27-15-12-18-19(21-11-10-20(18)26-21)13-16-28-17(2)8-7-9-22(24)23-25/h5-6,17-21,25H,3-4,7-16H2,1-2H3,(H,23,24). The van der Waals surface area contributed by atoms with Crippen molar-refractivity contribution < 1.29 is 14.7 Å². The highest BCUT2D eigenvalue weighted by Crippen LogP contribution is 2.47. The molecule has 2 aliphatic heterocycles. The lowest BCUT2D eigenvalue weighted by Gasteiger charge is -2.28. The van der Waals surface area contributed by atoms with Gasteiger partial charge in [0.1, 0.15) is 0 Å². The van der Waals surface area contributed by atoms with Crippen LogP contribution in [0.1, 0.15) is 71.6 Å². The first kappa shape index (κ1) is 24.1. The molecule has 0 spiro atoms. The van der Waals surface area contributed by atoms with Crippen molar-refractivity contribution in [3.63, 3.8) is 0 Å². The van der Waals surface area contributed by atoms with E-state index in [-0.39, 0.29) is 5.91 Å². The minimum absolute atomic E-state index is 0.280. The lowest BCUT2D eigenvalue weighted by molar-refractivity contribution is -0.129. The number of thioether (sulfide) groups is 2. The van der Waals surface area contributed by atoms with E-state index in [9.17, 15) is 4.79 Å². The van der Waals surface area contributed by atoms with Crippen LogP contribution >= 0.6 is 23.5 Å². The van der Waals surface area contributed by atoms with Crippen LogP contribution in [-0.2, 0) is 9.53 Å². The van der Waals surface area contributed by atoms with Crippen molar-refractivity contribution in [1.29, 1.82) is 0 Å². The normalized spacial score (nSPS) is 27.5. The number of carbonyl (C=O) groups is 1. The number of carbonyl (C=O) groups excluding carboxylic acids is 1. The van der Waals surface area contributed by atoms with Gasteiger partial charge in [0.15, 0.2) is 0 Å². The third kappa shape index (κ3) is 8.29.